The Labute approximate surface area is 159 Å². The summed E-state index contributed by atoms with van der Waals surface area (Å²) in [5.74, 6) is -0.787. The highest BCUT2D eigenvalue weighted by molar-refractivity contribution is 6.43. The van der Waals surface area contributed by atoms with Crippen LogP contribution in [-0.2, 0) is 20.9 Å². The van der Waals surface area contributed by atoms with Crippen molar-refractivity contribution in [2.45, 2.75) is 6.61 Å². The van der Waals surface area contributed by atoms with Crippen LogP contribution in [0.1, 0.15) is 15.9 Å². The third kappa shape index (κ3) is 5.53. The largest absolute Gasteiger partial charge is 0.480 e. The third-order valence-electron chi connectivity index (χ3n) is 3.10. The summed E-state index contributed by atoms with van der Waals surface area (Å²) in [5.41, 5.74) is 1.13. The monoisotopic (exact) mass is 402 g/mol. The normalized spacial score (nSPS) is 10.2. The molecule has 25 heavy (non-hydrogen) atoms. The number of hydrogen-bond donors (Lipinski definition) is 0. The van der Waals surface area contributed by atoms with E-state index >= 15 is 0 Å². The lowest BCUT2D eigenvalue weighted by Crippen LogP contribution is -2.15. The SMILES string of the molecule is COC(=O)c1ccc(COC(=O)COc2cc(Cl)c(Cl)cc2Cl)cc1. The van der Waals surface area contributed by atoms with Crippen LogP contribution in [0.15, 0.2) is 36.4 Å². The van der Waals surface area contributed by atoms with Gasteiger partial charge in [-0.05, 0) is 23.8 Å². The summed E-state index contributed by atoms with van der Waals surface area (Å²) < 4.78 is 15.0. The van der Waals surface area contributed by atoms with Crippen molar-refractivity contribution in [3.05, 3.63) is 62.6 Å². The summed E-state index contributed by atoms with van der Waals surface area (Å²) in [4.78, 5) is 23.1. The highest BCUT2D eigenvalue weighted by Crippen LogP contribution is 2.33. The molecular formula is C17H13Cl3O5. The zero-order valence-electron chi connectivity index (χ0n) is 13.1. The van der Waals surface area contributed by atoms with E-state index in [9.17, 15) is 9.59 Å². The van der Waals surface area contributed by atoms with Gasteiger partial charge in [-0.1, -0.05) is 46.9 Å². The highest BCUT2D eigenvalue weighted by Gasteiger charge is 2.11. The van der Waals surface area contributed by atoms with E-state index in [0.29, 0.717) is 11.1 Å². The van der Waals surface area contributed by atoms with Crippen LogP contribution in [-0.4, -0.2) is 25.7 Å². The van der Waals surface area contributed by atoms with Crippen molar-refractivity contribution in [1.29, 1.82) is 0 Å². The molecule has 0 saturated carbocycles. The minimum Gasteiger partial charge on any atom is -0.480 e. The van der Waals surface area contributed by atoms with Gasteiger partial charge >= 0.3 is 11.9 Å². The Balaban J connectivity index is 1.85. The lowest BCUT2D eigenvalue weighted by Gasteiger charge is -2.09. The molecule has 5 nitrogen and oxygen atoms in total. The number of esters is 2. The smallest absolute Gasteiger partial charge is 0.344 e. The molecule has 8 heteroatoms. The van der Waals surface area contributed by atoms with E-state index in [2.05, 4.69) is 4.74 Å². The van der Waals surface area contributed by atoms with E-state index in [0.717, 1.165) is 0 Å². The third-order valence-corrected chi connectivity index (χ3v) is 4.11. The fourth-order valence-electron chi connectivity index (χ4n) is 1.81. The lowest BCUT2D eigenvalue weighted by atomic mass is 10.1. The van der Waals surface area contributed by atoms with Crippen LogP contribution in [0.25, 0.3) is 0 Å². The van der Waals surface area contributed by atoms with Gasteiger partial charge in [0, 0.05) is 6.07 Å². The Morgan fingerprint density at radius 3 is 2.24 bits per heavy atom. The Bertz CT molecular complexity index is 775. The van der Waals surface area contributed by atoms with Gasteiger partial charge in [0.15, 0.2) is 6.61 Å². The van der Waals surface area contributed by atoms with E-state index in [4.69, 9.17) is 44.3 Å². The van der Waals surface area contributed by atoms with Crippen molar-refractivity contribution in [2.75, 3.05) is 13.7 Å². The molecule has 2 aromatic rings. The molecule has 0 atom stereocenters. The topological polar surface area (TPSA) is 61.8 Å². The fraction of sp³-hybridized carbons (Fsp3) is 0.176. The van der Waals surface area contributed by atoms with Crippen LogP contribution in [0.3, 0.4) is 0 Å². The van der Waals surface area contributed by atoms with Gasteiger partial charge in [-0.15, -0.1) is 0 Å². The Morgan fingerprint density at radius 2 is 1.60 bits per heavy atom. The summed E-state index contributed by atoms with van der Waals surface area (Å²) in [5, 5.41) is 0.790. The summed E-state index contributed by atoms with van der Waals surface area (Å²) >= 11 is 17.6. The van der Waals surface area contributed by atoms with Crippen molar-refractivity contribution in [1.82, 2.24) is 0 Å². The van der Waals surface area contributed by atoms with E-state index in [1.165, 1.54) is 19.2 Å². The number of methoxy groups -OCH3 is 1. The molecular weight excluding hydrogens is 391 g/mol. The van der Waals surface area contributed by atoms with Crippen LogP contribution in [0.2, 0.25) is 15.1 Å². The van der Waals surface area contributed by atoms with Gasteiger partial charge in [0.1, 0.15) is 12.4 Å². The molecule has 2 aromatic carbocycles. The van der Waals surface area contributed by atoms with Gasteiger partial charge in [-0.3, -0.25) is 0 Å². The predicted octanol–water partition coefficient (Wildman–Crippen LogP) is 4.56. The first-order valence-corrected chi connectivity index (χ1v) is 8.14. The Morgan fingerprint density at radius 1 is 0.960 bits per heavy atom. The van der Waals surface area contributed by atoms with Crippen molar-refractivity contribution >= 4 is 46.7 Å². The number of benzene rings is 2. The summed E-state index contributed by atoms with van der Waals surface area (Å²) in [6.07, 6.45) is 0. The van der Waals surface area contributed by atoms with E-state index in [1.54, 1.807) is 24.3 Å². The van der Waals surface area contributed by atoms with E-state index < -0.39 is 11.9 Å². The molecule has 0 aliphatic rings. The fourth-order valence-corrected chi connectivity index (χ4v) is 2.40. The maximum Gasteiger partial charge on any atom is 0.344 e. The maximum absolute atomic E-state index is 11.8. The van der Waals surface area contributed by atoms with Gasteiger partial charge in [-0.2, -0.15) is 0 Å². The highest BCUT2D eigenvalue weighted by atomic mass is 35.5. The first kappa shape index (κ1) is 19.4. The van der Waals surface area contributed by atoms with Crippen molar-refractivity contribution < 1.29 is 23.8 Å². The molecule has 0 spiro atoms. The second kappa shape index (κ2) is 8.94. The molecule has 0 fully saturated rings. The summed E-state index contributed by atoms with van der Waals surface area (Å²) in [7, 11) is 1.30. The Hall–Kier alpha value is -1.95. The Kier molecular flexibility index (Phi) is 6.93. The minimum absolute atomic E-state index is 0.0404. The van der Waals surface area contributed by atoms with E-state index in [-0.39, 0.29) is 34.0 Å². The molecule has 0 amide bonds. The molecule has 0 radical (unpaired) electrons. The van der Waals surface area contributed by atoms with Crippen LogP contribution < -0.4 is 4.74 Å². The second-order valence-corrected chi connectivity index (χ2v) is 6.06. The molecule has 0 aliphatic heterocycles. The molecule has 0 heterocycles. The number of rotatable bonds is 6. The standard InChI is InChI=1S/C17H13Cl3O5/c1-23-17(22)11-4-2-10(3-5-11)8-25-16(21)9-24-15-7-13(19)12(18)6-14(15)20/h2-7H,8-9H2,1H3. The predicted molar refractivity (Wildman–Crippen MR) is 94.5 cm³/mol. The first-order chi connectivity index (χ1) is 11.9. The number of carbonyl (C=O) groups excluding carboxylic acids is 2. The average Bonchev–Trinajstić information content (AvgIpc) is 2.61. The molecule has 0 unspecified atom stereocenters. The number of ether oxygens (including phenoxy) is 3. The molecule has 0 aliphatic carbocycles. The first-order valence-electron chi connectivity index (χ1n) is 7.01. The number of carbonyl (C=O) groups is 2. The second-order valence-electron chi connectivity index (χ2n) is 4.83. The van der Waals surface area contributed by atoms with Crippen molar-refractivity contribution in [3.8, 4) is 5.75 Å². The van der Waals surface area contributed by atoms with Gasteiger partial charge in [-0.25, -0.2) is 9.59 Å². The quantitative estimate of drug-likeness (QED) is 0.523. The van der Waals surface area contributed by atoms with Crippen LogP contribution in [0.5, 0.6) is 5.75 Å². The summed E-state index contributed by atoms with van der Waals surface area (Å²) in [6.45, 7) is -0.295. The van der Waals surface area contributed by atoms with Crippen LogP contribution in [0, 0.1) is 0 Å². The zero-order chi connectivity index (χ0) is 18.4. The van der Waals surface area contributed by atoms with E-state index in [1.807, 2.05) is 0 Å². The number of halogens is 3. The van der Waals surface area contributed by atoms with Crippen LogP contribution >= 0.6 is 34.8 Å². The summed E-state index contributed by atoms with van der Waals surface area (Å²) in [6, 6.07) is 9.34. The molecule has 132 valence electrons. The van der Waals surface area contributed by atoms with Gasteiger partial charge in [0.05, 0.1) is 27.7 Å². The van der Waals surface area contributed by atoms with Crippen molar-refractivity contribution in [2.24, 2.45) is 0 Å². The van der Waals surface area contributed by atoms with Crippen molar-refractivity contribution in [3.63, 3.8) is 0 Å². The average molecular weight is 404 g/mol. The molecule has 0 N–H and O–H groups in total. The van der Waals surface area contributed by atoms with Crippen LogP contribution in [0.4, 0.5) is 0 Å². The lowest BCUT2D eigenvalue weighted by molar-refractivity contribution is -0.147. The molecule has 0 saturated heterocycles. The molecule has 0 bridgehead atoms. The zero-order valence-corrected chi connectivity index (χ0v) is 15.3. The minimum atomic E-state index is -0.584. The molecule has 0 aromatic heterocycles. The van der Waals surface area contributed by atoms with Gasteiger partial charge in [0.25, 0.3) is 0 Å². The van der Waals surface area contributed by atoms with Gasteiger partial charge < -0.3 is 14.2 Å². The number of hydrogen-bond acceptors (Lipinski definition) is 5. The molecule has 2 rings (SSSR count). The maximum atomic E-state index is 11.8. The van der Waals surface area contributed by atoms with Gasteiger partial charge in [0.2, 0.25) is 0 Å².